The normalized spacial score (nSPS) is 15.4. The molecule has 3 rings (SSSR count). The van der Waals surface area contributed by atoms with Gasteiger partial charge in [-0.2, -0.15) is 0 Å². The van der Waals surface area contributed by atoms with Gasteiger partial charge in [-0.1, -0.05) is 6.07 Å². The molecule has 5 nitrogen and oxygen atoms in total. The summed E-state index contributed by atoms with van der Waals surface area (Å²) in [5.74, 6) is 0.556. The van der Waals surface area contributed by atoms with E-state index in [-0.39, 0.29) is 6.03 Å². The van der Waals surface area contributed by atoms with E-state index in [0.717, 1.165) is 32.5 Å². The quantitative estimate of drug-likeness (QED) is 0.886. The Kier molecular flexibility index (Phi) is 5.47. The average molecular weight is 330 g/mol. The Morgan fingerprint density at radius 3 is 2.70 bits per heavy atom. The monoisotopic (exact) mass is 330 g/mol. The number of thiophene rings is 1. The minimum atomic E-state index is -0.0741. The molecule has 0 bridgehead atoms. The van der Waals surface area contributed by atoms with E-state index in [2.05, 4.69) is 32.7 Å². The van der Waals surface area contributed by atoms with Crippen molar-refractivity contribution in [3.8, 4) is 0 Å². The second kappa shape index (κ2) is 7.97. The first kappa shape index (κ1) is 15.8. The van der Waals surface area contributed by atoms with Crippen molar-refractivity contribution >= 4 is 23.1 Å². The summed E-state index contributed by atoms with van der Waals surface area (Å²) in [6.07, 6.45) is 5.88. The summed E-state index contributed by atoms with van der Waals surface area (Å²) < 4.78 is 0. The average Bonchev–Trinajstić information content (AvgIpc) is 3.13. The Labute approximate surface area is 140 Å². The number of aromatic nitrogens is 1. The van der Waals surface area contributed by atoms with Gasteiger partial charge in [-0.3, -0.25) is 4.98 Å². The second-order valence-electron chi connectivity index (χ2n) is 5.78. The van der Waals surface area contributed by atoms with Crippen LogP contribution >= 0.6 is 11.3 Å². The van der Waals surface area contributed by atoms with E-state index in [1.54, 1.807) is 11.3 Å². The number of carbonyl (C=O) groups is 1. The highest BCUT2D eigenvalue weighted by atomic mass is 32.1. The lowest BCUT2D eigenvalue weighted by molar-refractivity contribution is 0.237. The zero-order chi connectivity index (χ0) is 15.9. The van der Waals surface area contributed by atoms with Crippen LogP contribution in [0.5, 0.6) is 0 Å². The van der Waals surface area contributed by atoms with Crippen molar-refractivity contribution in [3.05, 3.63) is 46.9 Å². The van der Waals surface area contributed by atoms with Crippen molar-refractivity contribution in [1.29, 1.82) is 0 Å². The van der Waals surface area contributed by atoms with Crippen molar-refractivity contribution < 1.29 is 4.79 Å². The van der Waals surface area contributed by atoms with E-state index >= 15 is 0 Å². The summed E-state index contributed by atoms with van der Waals surface area (Å²) in [5, 5.41) is 7.92. The molecule has 2 amide bonds. The summed E-state index contributed by atoms with van der Waals surface area (Å²) in [7, 11) is 0. The molecule has 1 aliphatic heterocycles. The maximum absolute atomic E-state index is 11.8. The van der Waals surface area contributed by atoms with Gasteiger partial charge >= 0.3 is 6.03 Å². The predicted molar refractivity (Wildman–Crippen MR) is 93.7 cm³/mol. The molecule has 1 aliphatic rings. The minimum Gasteiger partial charge on any atom is -0.371 e. The van der Waals surface area contributed by atoms with Crippen LogP contribution in [0.1, 0.15) is 17.7 Å². The number of piperidine rings is 1. The zero-order valence-corrected chi connectivity index (χ0v) is 13.9. The number of carbonyl (C=O) groups excluding carboxylic acids is 1. The van der Waals surface area contributed by atoms with Gasteiger partial charge in [0.05, 0.1) is 6.54 Å². The first-order valence-electron chi connectivity index (χ1n) is 8.00. The van der Waals surface area contributed by atoms with Crippen LogP contribution in [0.25, 0.3) is 0 Å². The highest BCUT2D eigenvalue weighted by molar-refractivity contribution is 7.09. The smallest absolute Gasteiger partial charge is 0.315 e. The largest absolute Gasteiger partial charge is 0.371 e. The number of urea groups is 1. The van der Waals surface area contributed by atoms with E-state index in [1.807, 2.05) is 29.9 Å². The van der Waals surface area contributed by atoms with E-state index in [1.165, 1.54) is 10.6 Å². The van der Waals surface area contributed by atoms with Crippen LogP contribution < -0.4 is 15.5 Å². The number of anilines is 1. The fraction of sp³-hybridized carbons (Fsp3) is 0.412. The topological polar surface area (TPSA) is 57.3 Å². The molecule has 0 saturated carbocycles. The standard InChI is InChI=1S/C17H22N4OS/c22-17(20-13-16-2-1-11-23-16)19-12-14-5-9-21(10-6-14)15-3-7-18-8-4-15/h1-4,7-8,11,14H,5-6,9-10,12-13H2,(H2,19,20,22). The van der Waals surface area contributed by atoms with E-state index < -0.39 is 0 Å². The third kappa shape index (κ3) is 4.69. The highest BCUT2D eigenvalue weighted by Gasteiger charge is 2.19. The van der Waals surface area contributed by atoms with Crippen LogP contribution in [0.15, 0.2) is 42.0 Å². The summed E-state index contributed by atoms with van der Waals surface area (Å²) in [6, 6.07) is 8.05. The van der Waals surface area contributed by atoms with Crippen LogP contribution in [-0.2, 0) is 6.54 Å². The Morgan fingerprint density at radius 1 is 1.22 bits per heavy atom. The molecule has 0 aromatic carbocycles. The Balaban J connectivity index is 1.35. The third-order valence-corrected chi connectivity index (χ3v) is 5.07. The lowest BCUT2D eigenvalue weighted by Crippen LogP contribution is -2.41. The SMILES string of the molecule is O=C(NCc1cccs1)NCC1CCN(c2ccncc2)CC1. The number of hydrogen-bond acceptors (Lipinski definition) is 4. The minimum absolute atomic E-state index is 0.0741. The fourth-order valence-electron chi connectivity index (χ4n) is 2.83. The molecule has 6 heteroatoms. The number of amides is 2. The van der Waals surface area contributed by atoms with E-state index in [9.17, 15) is 4.79 Å². The first-order chi connectivity index (χ1) is 11.3. The van der Waals surface area contributed by atoms with Gasteiger partial charge in [0.1, 0.15) is 0 Å². The molecule has 0 unspecified atom stereocenters. The van der Waals surface area contributed by atoms with Crippen LogP contribution in [-0.4, -0.2) is 30.6 Å². The molecule has 122 valence electrons. The summed E-state index contributed by atoms with van der Waals surface area (Å²) >= 11 is 1.66. The molecule has 2 N–H and O–H groups in total. The second-order valence-corrected chi connectivity index (χ2v) is 6.81. The van der Waals surface area contributed by atoms with Crippen LogP contribution in [0, 0.1) is 5.92 Å². The molecule has 23 heavy (non-hydrogen) atoms. The first-order valence-corrected chi connectivity index (χ1v) is 8.88. The number of hydrogen-bond donors (Lipinski definition) is 2. The maximum Gasteiger partial charge on any atom is 0.315 e. The van der Waals surface area contributed by atoms with Crippen LogP contribution in [0.2, 0.25) is 0 Å². The lowest BCUT2D eigenvalue weighted by atomic mass is 9.96. The van der Waals surface area contributed by atoms with Gasteiger partial charge in [0, 0.05) is 42.6 Å². The van der Waals surface area contributed by atoms with Crippen molar-refractivity contribution in [1.82, 2.24) is 15.6 Å². The highest BCUT2D eigenvalue weighted by Crippen LogP contribution is 2.22. The van der Waals surface area contributed by atoms with Gasteiger partial charge in [0.2, 0.25) is 0 Å². The van der Waals surface area contributed by atoms with Gasteiger partial charge in [-0.05, 0) is 42.3 Å². The predicted octanol–water partition coefficient (Wildman–Crippen LogP) is 2.86. The summed E-state index contributed by atoms with van der Waals surface area (Å²) in [5.41, 5.74) is 1.24. The molecular formula is C17H22N4OS. The lowest BCUT2D eigenvalue weighted by Gasteiger charge is -2.33. The van der Waals surface area contributed by atoms with Crippen LogP contribution in [0.3, 0.4) is 0 Å². The van der Waals surface area contributed by atoms with Gasteiger partial charge in [0.25, 0.3) is 0 Å². The Hall–Kier alpha value is -2.08. The molecule has 1 saturated heterocycles. The van der Waals surface area contributed by atoms with Crippen molar-refractivity contribution in [2.24, 2.45) is 5.92 Å². The molecule has 2 aromatic rings. The molecule has 3 heterocycles. The molecular weight excluding hydrogens is 308 g/mol. The number of nitrogens with one attached hydrogen (secondary N) is 2. The zero-order valence-electron chi connectivity index (χ0n) is 13.1. The molecule has 2 aromatic heterocycles. The number of pyridine rings is 1. The van der Waals surface area contributed by atoms with Crippen molar-refractivity contribution in [3.63, 3.8) is 0 Å². The molecule has 1 fully saturated rings. The van der Waals surface area contributed by atoms with Gasteiger partial charge < -0.3 is 15.5 Å². The summed E-state index contributed by atoms with van der Waals surface area (Å²) in [4.78, 5) is 19.4. The van der Waals surface area contributed by atoms with Gasteiger partial charge in [-0.15, -0.1) is 11.3 Å². The molecule has 0 radical (unpaired) electrons. The Morgan fingerprint density at radius 2 is 2.00 bits per heavy atom. The van der Waals surface area contributed by atoms with Crippen molar-refractivity contribution in [2.75, 3.05) is 24.5 Å². The van der Waals surface area contributed by atoms with Crippen molar-refractivity contribution in [2.45, 2.75) is 19.4 Å². The number of nitrogens with zero attached hydrogens (tertiary/aromatic N) is 2. The Bertz CT molecular complexity index is 594. The summed E-state index contributed by atoms with van der Waals surface area (Å²) in [6.45, 7) is 3.42. The van der Waals surface area contributed by atoms with E-state index in [4.69, 9.17) is 0 Å². The van der Waals surface area contributed by atoms with Crippen LogP contribution in [0.4, 0.5) is 10.5 Å². The fourth-order valence-corrected chi connectivity index (χ4v) is 3.47. The maximum atomic E-state index is 11.8. The molecule has 0 atom stereocenters. The third-order valence-electron chi connectivity index (χ3n) is 4.20. The van der Waals surface area contributed by atoms with Gasteiger partial charge in [-0.25, -0.2) is 4.79 Å². The van der Waals surface area contributed by atoms with E-state index in [0.29, 0.717) is 12.5 Å². The van der Waals surface area contributed by atoms with Gasteiger partial charge in [0.15, 0.2) is 0 Å². The molecule has 0 spiro atoms. The molecule has 0 aliphatic carbocycles. The number of rotatable bonds is 5.